The molecule has 0 unspecified atom stereocenters. The van der Waals surface area contributed by atoms with E-state index in [1.54, 1.807) is 0 Å². The van der Waals surface area contributed by atoms with Gasteiger partial charge in [-0.25, -0.2) is 0 Å². The van der Waals surface area contributed by atoms with Gasteiger partial charge in [0.15, 0.2) is 0 Å². The zero-order valence-electron chi connectivity index (χ0n) is 10.0. The average Bonchev–Trinajstić information content (AvgIpc) is 1.82. The smallest absolute Gasteiger partial charge is 0.228 e. The minimum absolute atomic E-state index is 0.234. The minimum Gasteiger partial charge on any atom is -0.337 e. The third-order valence-corrected chi connectivity index (χ3v) is 1.99. The second-order valence-corrected chi connectivity index (χ2v) is 5.15. The van der Waals surface area contributed by atoms with Crippen LogP contribution in [0.3, 0.4) is 0 Å². The summed E-state index contributed by atoms with van der Waals surface area (Å²) in [5.41, 5.74) is -0.269. The lowest BCUT2D eigenvalue weighted by Gasteiger charge is -2.35. The molecular formula is C11H23NO. The van der Waals surface area contributed by atoms with Gasteiger partial charge in [0.25, 0.3) is 0 Å². The first kappa shape index (κ1) is 12.5. The fourth-order valence-corrected chi connectivity index (χ4v) is 1.45. The Hall–Kier alpha value is -0.530. The van der Waals surface area contributed by atoms with Crippen molar-refractivity contribution in [3.63, 3.8) is 0 Å². The van der Waals surface area contributed by atoms with E-state index >= 15 is 0 Å². The molecule has 0 saturated heterocycles. The van der Waals surface area contributed by atoms with Crippen LogP contribution in [0.25, 0.3) is 0 Å². The summed E-state index contributed by atoms with van der Waals surface area (Å²) >= 11 is 0. The predicted molar refractivity (Wildman–Crippen MR) is 56.6 cm³/mol. The molecule has 0 rings (SSSR count). The molecule has 0 radical (unpaired) electrons. The highest BCUT2D eigenvalue weighted by Gasteiger charge is 2.30. The van der Waals surface area contributed by atoms with Gasteiger partial charge in [0.2, 0.25) is 5.91 Å². The molecule has 0 atom stereocenters. The van der Waals surface area contributed by atoms with Crippen LogP contribution in [0.1, 0.15) is 48.5 Å². The molecule has 0 aliphatic rings. The summed E-state index contributed by atoms with van der Waals surface area (Å²) in [7, 11) is 0. The van der Waals surface area contributed by atoms with E-state index in [4.69, 9.17) is 0 Å². The number of carbonyl (C=O) groups is 1. The van der Waals surface area contributed by atoms with Crippen LogP contribution in [0.15, 0.2) is 0 Å². The first-order chi connectivity index (χ1) is 5.68. The Kier molecular flexibility index (Phi) is 3.95. The van der Waals surface area contributed by atoms with Gasteiger partial charge in [-0.2, -0.15) is 0 Å². The van der Waals surface area contributed by atoms with Crippen molar-refractivity contribution in [3.05, 3.63) is 0 Å². The fourth-order valence-electron chi connectivity index (χ4n) is 1.45. The van der Waals surface area contributed by atoms with Crippen molar-refractivity contribution in [2.75, 3.05) is 0 Å². The Morgan fingerprint density at radius 3 is 1.38 bits per heavy atom. The second kappa shape index (κ2) is 4.12. The SMILES string of the molecule is CC(C)N(C(=O)C(C)(C)C)C(C)C. The molecule has 0 aliphatic heterocycles. The van der Waals surface area contributed by atoms with Crippen LogP contribution in [-0.2, 0) is 4.79 Å². The van der Waals surface area contributed by atoms with E-state index in [1.165, 1.54) is 0 Å². The molecule has 0 N–H and O–H groups in total. The van der Waals surface area contributed by atoms with E-state index in [2.05, 4.69) is 27.7 Å². The quantitative estimate of drug-likeness (QED) is 0.647. The largest absolute Gasteiger partial charge is 0.337 e. The highest BCUT2D eigenvalue weighted by atomic mass is 16.2. The highest BCUT2D eigenvalue weighted by molar-refractivity contribution is 5.82. The van der Waals surface area contributed by atoms with Crippen LogP contribution in [0.2, 0.25) is 0 Å². The predicted octanol–water partition coefficient (Wildman–Crippen LogP) is 2.68. The van der Waals surface area contributed by atoms with Crippen molar-refractivity contribution in [1.82, 2.24) is 4.90 Å². The lowest BCUT2D eigenvalue weighted by Crippen LogP contribution is -2.47. The summed E-state index contributed by atoms with van der Waals surface area (Å²) in [6.45, 7) is 14.1. The van der Waals surface area contributed by atoms with Crippen LogP contribution >= 0.6 is 0 Å². The maximum Gasteiger partial charge on any atom is 0.228 e. The number of hydrogen-bond donors (Lipinski definition) is 0. The molecule has 0 spiro atoms. The Bertz CT molecular complexity index is 169. The van der Waals surface area contributed by atoms with Crippen LogP contribution in [0.5, 0.6) is 0 Å². The maximum atomic E-state index is 12.0. The number of nitrogens with zero attached hydrogens (tertiary/aromatic N) is 1. The fraction of sp³-hybridized carbons (Fsp3) is 0.909. The summed E-state index contributed by atoms with van der Waals surface area (Å²) in [4.78, 5) is 13.9. The molecule has 0 bridgehead atoms. The van der Waals surface area contributed by atoms with Crippen molar-refractivity contribution in [2.24, 2.45) is 5.41 Å². The first-order valence-corrected chi connectivity index (χ1v) is 5.00. The number of rotatable bonds is 2. The van der Waals surface area contributed by atoms with Gasteiger partial charge in [-0.1, -0.05) is 20.8 Å². The third kappa shape index (κ3) is 3.37. The Labute approximate surface area is 82.3 Å². The molecule has 78 valence electrons. The molecular weight excluding hydrogens is 162 g/mol. The summed E-state index contributed by atoms with van der Waals surface area (Å²) in [5.74, 6) is 0.234. The van der Waals surface area contributed by atoms with Crippen molar-refractivity contribution < 1.29 is 4.79 Å². The van der Waals surface area contributed by atoms with E-state index in [0.29, 0.717) is 0 Å². The normalized spacial score (nSPS) is 12.4. The molecule has 0 fully saturated rings. The number of carbonyl (C=O) groups excluding carboxylic acids is 1. The van der Waals surface area contributed by atoms with Crippen LogP contribution < -0.4 is 0 Å². The molecule has 1 amide bonds. The Morgan fingerprint density at radius 1 is 1.00 bits per heavy atom. The molecule has 0 aromatic carbocycles. The van der Waals surface area contributed by atoms with E-state index in [-0.39, 0.29) is 23.4 Å². The molecule has 2 heteroatoms. The molecule has 0 aliphatic carbocycles. The minimum atomic E-state index is -0.269. The van der Waals surface area contributed by atoms with E-state index in [1.807, 2.05) is 25.7 Å². The second-order valence-electron chi connectivity index (χ2n) is 5.15. The van der Waals surface area contributed by atoms with Gasteiger partial charge in [0.05, 0.1) is 0 Å². The topological polar surface area (TPSA) is 20.3 Å². The molecule has 0 aromatic heterocycles. The third-order valence-electron chi connectivity index (χ3n) is 1.99. The van der Waals surface area contributed by atoms with Crippen molar-refractivity contribution in [2.45, 2.75) is 60.5 Å². The molecule has 13 heavy (non-hydrogen) atoms. The maximum absolute atomic E-state index is 12.0. The van der Waals surface area contributed by atoms with Gasteiger partial charge in [-0.3, -0.25) is 4.79 Å². The molecule has 2 nitrogen and oxygen atoms in total. The van der Waals surface area contributed by atoms with Gasteiger partial charge in [0.1, 0.15) is 0 Å². The lowest BCUT2D eigenvalue weighted by molar-refractivity contribution is -0.143. The van der Waals surface area contributed by atoms with Crippen LogP contribution in [0, 0.1) is 5.41 Å². The van der Waals surface area contributed by atoms with Crippen molar-refractivity contribution in [1.29, 1.82) is 0 Å². The zero-order chi connectivity index (χ0) is 10.8. The van der Waals surface area contributed by atoms with Crippen LogP contribution in [-0.4, -0.2) is 22.9 Å². The number of hydrogen-bond acceptors (Lipinski definition) is 1. The molecule has 0 aromatic rings. The zero-order valence-corrected chi connectivity index (χ0v) is 10.0. The van der Waals surface area contributed by atoms with Gasteiger partial charge in [-0.15, -0.1) is 0 Å². The van der Waals surface area contributed by atoms with Gasteiger partial charge in [-0.05, 0) is 27.7 Å². The number of amides is 1. The van der Waals surface area contributed by atoms with E-state index in [9.17, 15) is 4.79 Å². The monoisotopic (exact) mass is 185 g/mol. The van der Waals surface area contributed by atoms with Gasteiger partial charge < -0.3 is 4.90 Å². The van der Waals surface area contributed by atoms with Crippen molar-refractivity contribution >= 4 is 5.91 Å². The lowest BCUT2D eigenvalue weighted by atomic mass is 9.93. The first-order valence-electron chi connectivity index (χ1n) is 5.00. The van der Waals surface area contributed by atoms with E-state index < -0.39 is 0 Å². The summed E-state index contributed by atoms with van der Waals surface area (Å²) in [6.07, 6.45) is 0. The Morgan fingerprint density at radius 2 is 1.31 bits per heavy atom. The Balaban J connectivity index is 4.68. The van der Waals surface area contributed by atoms with E-state index in [0.717, 1.165) is 0 Å². The van der Waals surface area contributed by atoms with Crippen LogP contribution in [0.4, 0.5) is 0 Å². The molecule has 0 saturated carbocycles. The van der Waals surface area contributed by atoms with Gasteiger partial charge >= 0.3 is 0 Å². The molecule has 0 heterocycles. The summed E-state index contributed by atoms with van der Waals surface area (Å²) in [6, 6.07) is 0.568. The van der Waals surface area contributed by atoms with Crippen molar-refractivity contribution in [3.8, 4) is 0 Å². The highest BCUT2D eigenvalue weighted by Crippen LogP contribution is 2.20. The standard InChI is InChI=1S/C11H23NO/c1-8(2)12(9(3)4)10(13)11(5,6)7/h8-9H,1-7H3. The summed E-state index contributed by atoms with van der Waals surface area (Å²) < 4.78 is 0. The summed E-state index contributed by atoms with van der Waals surface area (Å²) in [5, 5.41) is 0. The average molecular weight is 185 g/mol. The van der Waals surface area contributed by atoms with Gasteiger partial charge in [0, 0.05) is 17.5 Å².